The van der Waals surface area contributed by atoms with E-state index in [0.29, 0.717) is 5.75 Å². The monoisotopic (exact) mass is 248 g/mol. The van der Waals surface area contributed by atoms with Gasteiger partial charge in [-0.05, 0) is 51.4 Å². The first kappa shape index (κ1) is 13.4. The maximum atomic E-state index is 9.92. The molecule has 1 aliphatic rings. The first-order valence-corrected chi connectivity index (χ1v) is 6.92. The second kappa shape index (κ2) is 6.21. The van der Waals surface area contributed by atoms with Gasteiger partial charge in [0.1, 0.15) is 5.75 Å². The van der Waals surface area contributed by atoms with Gasteiger partial charge >= 0.3 is 0 Å². The van der Waals surface area contributed by atoms with Gasteiger partial charge in [-0.1, -0.05) is 12.1 Å². The van der Waals surface area contributed by atoms with Gasteiger partial charge in [-0.3, -0.25) is 0 Å². The summed E-state index contributed by atoms with van der Waals surface area (Å²) in [5, 5.41) is 13.4. The molecule has 1 atom stereocenters. The van der Waals surface area contributed by atoms with E-state index < -0.39 is 0 Å². The van der Waals surface area contributed by atoms with E-state index in [0.717, 1.165) is 24.2 Å². The van der Waals surface area contributed by atoms with Gasteiger partial charge in [-0.25, -0.2) is 0 Å². The van der Waals surface area contributed by atoms with E-state index in [1.165, 1.54) is 25.9 Å². The Morgan fingerprint density at radius 3 is 2.72 bits per heavy atom. The maximum absolute atomic E-state index is 9.92. The molecule has 1 saturated heterocycles. The van der Waals surface area contributed by atoms with E-state index in [1.807, 2.05) is 25.1 Å². The average molecular weight is 248 g/mol. The van der Waals surface area contributed by atoms with Crippen LogP contribution in [0, 0.1) is 6.92 Å². The lowest BCUT2D eigenvalue weighted by Gasteiger charge is -2.19. The zero-order valence-electron chi connectivity index (χ0n) is 11.4. The van der Waals surface area contributed by atoms with Crippen molar-refractivity contribution in [1.29, 1.82) is 0 Å². The highest BCUT2D eigenvalue weighted by Gasteiger charge is 2.13. The van der Waals surface area contributed by atoms with Crippen molar-refractivity contribution in [3.8, 4) is 5.75 Å². The van der Waals surface area contributed by atoms with Gasteiger partial charge in [-0.2, -0.15) is 0 Å². The minimum Gasteiger partial charge on any atom is -0.508 e. The zero-order valence-corrected chi connectivity index (χ0v) is 11.4. The third-order valence-corrected chi connectivity index (χ3v) is 3.73. The molecule has 0 spiro atoms. The lowest BCUT2D eigenvalue weighted by Crippen LogP contribution is -2.31. The predicted molar refractivity (Wildman–Crippen MR) is 74.9 cm³/mol. The summed E-state index contributed by atoms with van der Waals surface area (Å²) in [5.74, 6) is 0.399. The van der Waals surface area contributed by atoms with Crippen LogP contribution < -0.4 is 5.32 Å². The van der Waals surface area contributed by atoms with Crippen molar-refractivity contribution in [2.45, 2.75) is 32.7 Å². The molecule has 1 aromatic rings. The molecule has 1 heterocycles. The van der Waals surface area contributed by atoms with Crippen molar-refractivity contribution in [2.75, 3.05) is 26.2 Å². The van der Waals surface area contributed by atoms with Crippen LogP contribution in [0.4, 0.5) is 0 Å². The van der Waals surface area contributed by atoms with E-state index in [2.05, 4.69) is 17.1 Å². The number of phenolic OH excluding ortho intramolecular Hbond substituents is 1. The molecule has 2 rings (SSSR count). The van der Waals surface area contributed by atoms with Crippen LogP contribution in [0.1, 0.15) is 36.9 Å². The van der Waals surface area contributed by atoms with Crippen molar-refractivity contribution in [3.63, 3.8) is 0 Å². The second-order valence-corrected chi connectivity index (χ2v) is 5.29. The Morgan fingerprint density at radius 2 is 2.06 bits per heavy atom. The first-order valence-electron chi connectivity index (χ1n) is 6.92. The fourth-order valence-electron chi connectivity index (χ4n) is 2.58. The van der Waals surface area contributed by atoms with Gasteiger partial charge < -0.3 is 15.3 Å². The highest BCUT2D eigenvalue weighted by Crippen LogP contribution is 2.24. The van der Waals surface area contributed by atoms with Crippen LogP contribution in [0.25, 0.3) is 0 Å². The molecule has 0 bridgehead atoms. The van der Waals surface area contributed by atoms with Crippen molar-refractivity contribution in [2.24, 2.45) is 0 Å². The number of likely N-dealkylation sites (tertiary alicyclic amines) is 1. The van der Waals surface area contributed by atoms with E-state index in [-0.39, 0.29) is 6.04 Å². The third kappa shape index (κ3) is 3.47. The Balaban J connectivity index is 1.81. The molecule has 0 radical (unpaired) electrons. The van der Waals surface area contributed by atoms with Crippen molar-refractivity contribution < 1.29 is 5.11 Å². The Labute approximate surface area is 110 Å². The molecular formula is C15H24N2O. The third-order valence-electron chi connectivity index (χ3n) is 3.73. The number of nitrogens with one attached hydrogen (secondary N) is 1. The van der Waals surface area contributed by atoms with E-state index in [9.17, 15) is 5.11 Å². The molecule has 1 aliphatic heterocycles. The summed E-state index contributed by atoms with van der Waals surface area (Å²) in [7, 11) is 0. The van der Waals surface area contributed by atoms with Crippen molar-refractivity contribution >= 4 is 0 Å². The summed E-state index contributed by atoms with van der Waals surface area (Å²) in [6, 6.07) is 6.09. The summed E-state index contributed by atoms with van der Waals surface area (Å²) in [4.78, 5) is 2.49. The number of hydrogen-bond acceptors (Lipinski definition) is 3. The molecule has 1 aromatic carbocycles. The standard InChI is InChI=1S/C15H24N2O/c1-12-5-6-14(15(18)11-12)13(2)16-7-10-17-8-3-4-9-17/h5-6,11,13,16,18H,3-4,7-10H2,1-2H3. The van der Waals surface area contributed by atoms with Crippen LogP contribution in [-0.2, 0) is 0 Å². The lowest BCUT2D eigenvalue weighted by atomic mass is 10.1. The van der Waals surface area contributed by atoms with Gasteiger partial charge in [0.15, 0.2) is 0 Å². The van der Waals surface area contributed by atoms with Crippen LogP contribution in [0.2, 0.25) is 0 Å². The summed E-state index contributed by atoms with van der Waals surface area (Å²) in [6.07, 6.45) is 2.68. The summed E-state index contributed by atoms with van der Waals surface area (Å²) < 4.78 is 0. The van der Waals surface area contributed by atoms with E-state index in [1.54, 1.807) is 0 Å². The van der Waals surface area contributed by atoms with Gasteiger partial charge in [0.2, 0.25) is 0 Å². The van der Waals surface area contributed by atoms with Crippen LogP contribution >= 0.6 is 0 Å². The average Bonchev–Trinajstić information content (AvgIpc) is 2.81. The number of benzene rings is 1. The van der Waals surface area contributed by atoms with Crippen LogP contribution in [0.15, 0.2) is 18.2 Å². The highest BCUT2D eigenvalue weighted by atomic mass is 16.3. The van der Waals surface area contributed by atoms with Crippen LogP contribution in [0.5, 0.6) is 5.75 Å². The van der Waals surface area contributed by atoms with Crippen LogP contribution in [0.3, 0.4) is 0 Å². The first-order chi connectivity index (χ1) is 8.66. The molecule has 2 N–H and O–H groups in total. The van der Waals surface area contributed by atoms with Crippen LogP contribution in [-0.4, -0.2) is 36.2 Å². The summed E-state index contributed by atoms with van der Waals surface area (Å²) in [5.41, 5.74) is 2.09. The summed E-state index contributed by atoms with van der Waals surface area (Å²) in [6.45, 7) is 8.67. The molecule has 1 fully saturated rings. The molecular weight excluding hydrogens is 224 g/mol. The second-order valence-electron chi connectivity index (χ2n) is 5.29. The number of phenols is 1. The molecule has 1 unspecified atom stereocenters. The van der Waals surface area contributed by atoms with Crippen molar-refractivity contribution in [1.82, 2.24) is 10.2 Å². The maximum Gasteiger partial charge on any atom is 0.120 e. The predicted octanol–water partition coefficient (Wildman–Crippen LogP) is 2.45. The molecule has 0 amide bonds. The fraction of sp³-hybridized carbons (Fsp3) is 0.600. The summed E-state index contributed by atoms with van der Waals surface area (Å²) >= 11 is 0. The van der Waals surface area contributed by atoms with E-state index >= 15 is 0 Å². The normalized spacial score (nSPS) is 18.1. The largest absolute Gasteiger partial charge is 0.508 e. The highest BCUT2D eigenvalue weighted by molar-refractivity contribution is 5.37. The molecule has 18 heavy (non-hydrogen) atoms. The van der Waals surface area contributed by atoms with Crippen molar-refractivity contribution in [3.05, 3.63) is 29.3 Å². The number of nitrogens with zero attached hydrogens (tertiary/aromatic N) is 1. The molecule has 0 aliphatic carbocycles. The molecule has 0 saturated carbocycles. The Morgan fingerprint density at radius 1 is 1.33 bits per heavy atom. The SMILES string of the molecule is Cc1ccc(C(C)NCCN2CCCC2)c(O)c1. The molecule has 0 aromatic heterocycles. The molecule has 3 heteroatoms. The smallest absolute Gasteiger partial charge is 0.120 e. The van der Waals surface area contributed by atoms with Gasteiger partial charge in [0, 0.05) is 24.7 Å². The number of aromatic hydroxyl groups is 1. The zero-order chi connectivity index (χ0) is 13.0. The number of rotatable bonds is 5. The number of hydrogen-bond donors (Lipinski definition) is 2. The van der Waals surface area contributed by atoms with E-state index in [4.69, 9.17) is 0 Å². The Bertz CT molecular complexity index is 386. The Kier molecular flexibility index (Phi) is 4.61. The fourth-order valence-corrected chi connectivity index (χ4v) is 2.58. The molecule has 3 nitrogen and oxygen atoms in total. The van der Waals surface area contributed by atoms with Gasteiger partial charge in [0.05, 0.1) is 0 Å². The van der Waals surface area contributed by atoms with Gasteiger partial charge in [-0.15, -0.1) is 0 Å². The van der Waals surface area contributed by atoms with Gasteiger partial charge in [0.25, 0.3) is 0 Å². The minimum absolute atomic E-state index is 0.202. The quantitative estimate of drug-likeness (QED) is 0.840. The number of aryl methyl sites for hydroxylation is 1. The molecule has 100 valence electrons. The topological polar surface area (TPSA) is 35.5 Å². The Hall–Kier alpha value is -1.06. The lowest BCUT2D eigenvalue weighted by molar-refractivity contribution is 0.328. The minimum atomic E-state index is 0.202.